The van der Waals surface area contributed by atoms with E-state index in [1.807, 2.05) is 13.0 Å². The standard InChI is InChI=1S/C15H15ClN2O2/c1-9-6-12(8-14(16)17-9)15(20)18-10(2)11-4-3-5-13(19)7-11/h3-8,10,19H,1-2H3,(H,18,20). The number of nitrogens with zero attached hydrogens (tertiary/aromatic N) is 1. The van der Waals surface area contributed by atoms with Crippen LogP contribution < -0.4 is 5.32 Å². The van der Waals surface area contributed by atoms with Gasteiger partial charge in [0, 0.05) is 11.3 Å². The minimum atomic E-state index is -0.228. The molecule has 1 amide bonds. The van der Waals surface area contributed by atoms with Crippen LogP contribution in [0.2, 0.25) is 5.15 Å². The second-order valence-electron chi connectivity index (χ2n) is 4.61. The number of phenols is 1. The van der Waals surface area contributed by atoms with Gasteiger partial charge in [-0.2, -0.15) is 0 Å². The summed E-state index contributed by atoms with van der Waals surface area (Å²) in [6.07, 6.45) is 0. The molecule has 5 heteroatoms. The Kier molecular flexibility index (Phi) is 4.25. The van der Waals surface area contributed by atoms with Crippen molar-refractivity contribution >= 4 is 17.5 Å². The second kappa shape index (κ2) is 5.92. The van der Waals surface area contributed by atoms with Crippen LogP contribution in [0.15, 0.2) is 36.4 Å². The molecule has 2 rings (SSSR count). The third-order valence-electron chi connectivity index (χ3n) is 2.90. The van der Waals surface area contributed by atoms with E-state index in [9.17, 15) is 9.90 Å². The molecule has 1 unspecified atom stereocenters. The maximum Gasteiger partial charge on any atom is 0.251 e. The van der Waals surface area contributed by atoms with Gasteiger partial charge >= 0.3 is 0 Å². The zero-order valence-electron chi connectivity index (χ0n) is 11.2. The SMILES string of the molecule is Cc1cc(C(=O)NC(C)c2cccc(O)c2)cc(Cl)n1. The van der Waals surface area contributed by atoms with E-state index in [2.05, 4.69) is 10.3 Å². The monoisotopic (exact) mass is 290 g/mol. The number of carbonyl (C=O) groups is 1. The minimum absolute atomic E-state index is 0.173. The normalized spacial score (nSPS) is 11.9. The summed E-state index contributed by atoms with van der Waals surface area (Å²) in [7, 11) is 0. The van der Waals surface area contributed by atoms with Crippen LogP contribution in [0.1, 0.15) is 34.6 Å². The van der Waals surface area contributed by atoms with Crippen LogP contribution in [0.5, 0.6) is 5.75 Å². The van der Waals surface area contributed by atoms with E-state index in [0.29, 0.717) is 16.4 Å². The van der Waals surface area contributed by atoms with Gasteiger partial charge in [-0.25, -0.2) is 4.98 Å². The first kappa shape index (κ1) is 14.3. The van der Waals surface area contributed by atoms with Gasteiger partial charge in [0.1, 0.15) is 10.9 Å². The molecule has 1 heterocycles. The lowest BCUT2D eigenvalue weighted by molar-refractivity contribution is 0.0939. The number of aromatic nitrogens is 1. The largest absolute Gasteiger partial charge is 0.508 e. The van der Waals surface area contributed by atoms with Crippen molar-refractivity contribution in [3.05, 3.63) is 58.4 Å². The Hall–Kier alpha value is -2.07. The van der Waals surface area contributed by atoms with Gasteiger partial charge in [0.15, 0.2) is 0 Å². The molecule has 1 atom stereocenters. The number of pyridine rings is 1. The summed E-state index contributed by atoms with van der Waals surface area (Å²) < 4.78 is 0. The smallest absolute Gasteiger partial charge is 0.251 e. The fourth-order valence-corrected chi connectivity index (χ4v) is 2.17. The van der Waals surface area contributed by atoms with Crippen molar-refractivity contribution in [1.29, 1.82) is 0 Å². The van der Waals surface area contributed by atoms with Crippen LogP contribution in [-0.2, 0) is 0 Å². The zero-order valence-corrected chi connectivity index (χ0v) is 12.0. The molecule has 0 aliphatic heterocycles. The van der Waals surface area contributed by atoms with Crippen molar-refractivity contribution in [2.45, 2.75) is 19.9 Å². The summed E-state index contributed by atoms with van der Waals surface area (Å²) in [5.41, 5.74) is 1.98. The summed E-state index contributed by atoms with van der Waals surface area (Å²) >= 11 is 5.84. The Morgan fingerprint density at radius 2 is 2.10 bits per heavy atom. The van der Waals surface area contributed by atoms with Gasteiger partial charge < -0.3 is 10.4 Å². The lowest BCUT2D eigenvalue weighted by atomic mass is 10.1. The number of nitrogens with one attached hydrogen (secondary N) is 1. The molecule has 1 aromatic heterocycles. The molecule has 0 radical (unpaired) electrons. The van der Waals surface area contributed by atoms with Crippen molar-refractivity contribution in [1.82, 2.24) is 10.3 Å². The Morgan fingerprint density at radius 1 is 1.35 bits per heavy atom. The molecule has 4 nitrogen and oxygen atoms in total. The maximum atomic E-state index is 12.2. The number of hydrogen-bond acceptors (Lipinski definition) is 3. The van der Waals surface area contributed by atoms with Crippen LogP contribution in [-0.4, -0.2) is 16.0 Å². The highest BCUT2D eigenvalue weighted by Crippen LogP contribution is 2.18. The molecule has 0 aliphatic carbocycles. The van der Waals surface area contributed by atoms with Gasteiger partial charge in [-0.15, -0.1) is 0 Å². The Balaban J connectivity index is 2.15. The lowest BCUT2D eigenvalue weighted by Gasteiger charge is -2.15. The fourth-order valence-electron chi connectivity index (χ4n) is 1.92. The molecule has 104 valence electrons. The quantitative estimate of drug-likeness (QED) is 0.853. The summed E-state index contributed by atoms with van der Waals surface area (Å²) in [4.78, 5) is 16.2. The van der Waals surface area contributed by atoms with Crippen molar-refractivity contribution in [3.63, 3.8) is 0 Å². The molecule has 2 N–H and O–H groups in total. The minimum Gasteiger partial charge on any atom is -0.508 e. The number of carbonyl (C=O) groups excluding carboxylic acids is 1. The first-order valence-electron chi connectivity index (χ1n) is 6.19. The number of aryl methyl sites for hydroxylation is 1. The van der Waals surface area contributed by atoms with Gasteiger partial charge in [0.2, 0.25) is 0 Å². The molecule has 0 fully saturated rings. The summed E-state index contributed by atoms with van der Waals surface area (Å²) in [6, 6.07) is 9.77. The van der Waals surface area contributed by atoms with Crippen LogP contribution in [0, 0.1) is 6.92 Å². The molecule has 0 bridgehead atoms. The van der Waals surface area contributed by atoms with Crippen LogP contribution in [0.4, 0.5) is 0 Å². The predicted octanol–water partition coefficient (Wildman–Crippen LogP) is 3.24. The number of halogens is 1. The van der Waals surface area contributed by atoms with E-state index in [0.717, 1.165) is 5.56 Å². The zero-order chi connectivity index (χ0) is 14.7. The molecule has 2 aromatic rings. The van der Waals surface area contributed by atoms with Gasteiger partial charge in [-0.3, -0.25) is 4.79 Å². The van der Waals surface area contributed by atoms with Gasteiger partial charge in [0.05, 0.1) is 6.04 Å². The highest BCUT2D eigenvalue weighted by Gasteiger charge is 2.13. The van der Waals surface area contributed by atoms with Crippen LogP contribution in [0.25, 0.3) is 0 Å². The van der Waals surface area contributed by atoms with E-state index in [1.165, 1.54) is 6.07 Å². The third kappa shape index (κ3) is 3.48. The van der Waals surface area contributed by atoms with Gasteiger partial charge in [-0.1, -0.05) is 23.7 Å². The molecule has 0 spiro atoms. The molecular formula is C15H15ClN2O2. The number of phenolic OH excluding ortho intramolecular Hbond substituents is 1. The Bertz CT molecular complexity index is 623. The van der Waals surface area contributed by atoms with E-state index < -0.39 is 0 Å². The van der Waals surface area contributed by atoms with E-state index in [4.69, 9.17) is 11.6 Å². The first-order valence-corrected chi connectivity index (χ1v) is 6.57. The summed E-state index contributed by atoms with van der Waals surface area (Å²) in [5.74, 6) is -0.0559. The highest BCUT2D eigenvalue weighted by atomic mass is 35.5. The number of rotatable bonds is 3. The molecular weight excluding hydrogens is 276 g/mol. The number of benzene rings is 1. The van der Waals surface area contributed by atoms with E-state index in [-0.39, 0.29) is 17.7 Å². The van der Waals surface area contributed by atoms with Crippen LogP contribution in [0.3, 0.4) is 0 Å². The molecule has 1 aromatic carbocycles. The summed E-state index contributed by atoms with van der Waals surface area (Å²) in [6.45, 7) is 3.63. The highest BCUT2D eigenvalue weighted by molar-refractivity contribution is 6.29. The second-order valence-corrected chi connectivity index (χ2v) is 5.00. The van der Waals surface area contributed by atoms with Crippen molar-refractivity contribution in [3.8, 4) is 5.75 Å². The third-order valence-corrected chi connectivity index (χ3v) is 3.10. The Labute approximate surface area is 122 Å². The fraction of sp³-hybridized carbons (Fsp3) is 0.200. The number of amides is 1. The topological polar surface area (TPSA) is 62.2 Å². The maximum absolute atomic E-state index is 12.2. The number of hydrogen-bond donors (Lipinski definition) is 2. The average molecular weight is 291 g/mol. The van der Waals surface area contributed by atoms with Crippen molar-refractivity contribution in [2.24, 2.45) is 0 Å². The van der Waals surface area contributed by atoms with Crippen molar-refractivity contribution in [2.75, 3.05) is 0 Å². The van der Waals surface area contributed by atoms with Crippen molar-refractivity contribution < 1.29 is 9.90 Å². The Morgan fingerprint density at radius 3 is 2.75 bits per heavy atom. The van der Waals surface area contributed by atoms with Crippen LogP contribution >= 0.6 is 11.6 Å². The average Bonchev–Trinajstić information content (AvgIpc) is 2.37. The summed E-state index contributed by atoms with van der Waals surface area (Å²) in [5, 5.41) is 12.6. The first-order chi connectivity index (χ1) is 9.45. The molecule has 0 saturated heterocycles. The van der Waals surface area contributed by atoms with E-state index in [1.54, 1.807) is 31.2 Å². The lowest BCUT2D eigenvalue weighted by Crippen LogP contribution is -2.26. The van der Waals surface area contributed by atoms with Gasteiger partial charge in [0.25, 0.3) is 5.91 Å². The van der Waals surface area contributed by atoms with E-state index >= 15 is 0 Å². The predicted molar refractivity (Wildman–Crippen MR) is 78.0 cm³/mol. The molecule has 0 saturated carbocycles. The number of aromatic hydroxyl groups is 1. The molecule has 0 aliphatic rings. The van der Waals surface area contributed by atoms with Gasteiger partial charge in [-0.05, 0) is 43.7 Å². The molecule has 20 heavy (non-hydrogen) atoms.